The van der Waals surface area contributed by atoms with E-state index in [9.17, 15) is 4.79 Å². The zero-order chi connectivity index (χ0) is 15.6. The van der Waals surface area contributed by atoms with E-state index in [0.717, 1.165) is 44.5 Å². The molecule has 1 aliphatic heterocycles. The number of aryl methyl sites for hydroxylation is 2. The monoisotopic (exact) mass is 313 g/mol. The fourth-order valence-corrected chi connectivity index (χ4v) is 4.40. The number of nitrogens with zero attached hydrogens (tertiary/aromatic N) is 2. The van der Waals surface area contributed by atoms with E-state index in [-0.39, 0.29) is 5.91 Å². The van der Waals surface area contributed by atoms with Crippen molar-refractivity contribution in [2.75, 3.05) is 25.0 Å². The third kappa shape index (κ3) is 3.14. The highest BCUT2D eigenvalue weighted by Gasteiger charge is 2.25. The maximum absolute atomic E-state index is 12.6. The van der Waals surface area contributed by atoms with Gasteiger partial charge in [0.05, 0.1) is 12.2 Å². The first-order valence-corrected chi connectivity index (χ1v) is 9.37. The van der Waals surface area contributed by atoms with Crippen LogP contribution in [0.4, 0.5) is 5.69 Å². The lowest BCUT2D eigenvalue weighted by Crippen LogP contribution is -2.37. The summed E-state index contributed by atoms with van der Waals surface area (Å²) in [5.41, 5.74) is 6.31. The molecule has 1 N–H and O–H groups in total. The molecular weight excluding hydrogens is 286 g/mol. The first-order valence-electron chi connectivity index (χ1n) is 9.37. The van der Waals surface area contributed by atoms with Crippen molar-refractivity contribution < 1.29 is 4.79 Å². The molecule has 1 amide bonds. The average Bonchev–Trinajstić information content (AvgIpc) is 3.04. The number of anilines is 1. The van der Waals surface area contributed by atoms with Gasteiger partial charge in [0, 0.05) is 11.4 Å². The van der Waals surface area contributed by atoms with E-state index in [1.54, 1.807) is 0 Å². The molecule has 124 valence electrons. The summed E-state index contributed by atoms with van der Waals surface area (Å²) in [5, 5.41) is 3.30. The number of fused-ring (bicyclic) bond motifs is 2. The van der Waals surface area contributed by atoms with Crippen LogP contribution in [0.5, 0.6) is 0 Å². The van der Waals surface area contributed by atoms with Gasteiger partial charge in [-0.25, -0.2) is 0 Å². The van der Waals surface area contributed by atoms with Crippen molar-refractivity contribution >= 4 is 11.6 Å². The molecule has 0 bridgehead atoms. The summed E-state index contributed by atoms with van der Waals surface area (Å²) >= 11 is 0. The quantitative estimate of drug-likeness (QED) is 0.933. The third-order valence-electron chi connectivity index (χ3n) is 5.58. The molecular formula is C19H27N3O. The highest BCUT2D eigenvalue weighted by molar-refractivity contribution is 5.94. The molecule has 3 aliphatic rings. The SMILES string of the molecule is O=C(CN1CCCCC1)Nc1c2c(nc3c1CCC3)CCCC2. The normalized spacial score (nSPS) is 20.9. The second-order valence-corrected chi connectivity index (χ2v) is 7.28. The molecule has 1 fully saturated rings. The Kier molecular flexibility index (Phi) is 4.34. The fraction of sp³-hybridized carbons (Fsp3) is 0.684. The zero-order valence-electron chi connectivity index (χ0n) is 14.0. The molecule has 4 nitrogen and oxygen atoms in total. The van der Waals surface area contributed by atoms with Gasteiger partial charge in [-0.1, -0.05) is 6.42 Å². The van der Waals surface area contributed by atoms with Crippen molar-refractivity contribution in [3.63, 3.8) is 0 Å². The summed E-state index contributed by atoms with van der Waals surface area (Å²) in [5.74, 6) is 0.167. The summed E-state index contributed by atoms with van der Waals surface area (Å²) in [6.45, 7) is 2.69. The van der Waals surface area contributed by atoms with Gasteiger partial charge in [-0.2, -0.15) is 0 Å². The molecule has 0 saturated carbocycles. The van der Waals surface area contributed by atoms with E-state index in [2.05, 4.69) is 10.2 Å². The van der Waals surface area contributed by atoms with E-state index >= 15 is 0 Å². The predicted octanol–water partition coefficient (Wildman–Crippen LogP) is 2.87. The molecule has 0 unspecified atom stereocenters. The van der Waals surface area contributed by atoms with Crippen molar-refractivity contribution in [3.8, 4) is 0 Å². The van der Waals surface area contributed by atoms with Gasteiger partial charge in [-0.15, -0.1) is 0 Å². The number of carbonyl (C=O) groups is 1. The van der Waals surface area contributed by atoms with E-state index < -0.39 is 0 Å². The summed E-state index contributed by atoms with van der Waals surface area (Å²) < 4.78 is 0. The first-order chi connectivity index (χ1) is 11.3. The highest BCUT2D eigenvalue weighted by atomic mass is 16.2. The second kappa shape index (κ2) is 6.60. The van der Waals surface area contributed by atoms with Crippen LogP contribution in [0, 0.1) is 0 Å². The summed E-state index contributed by atoms with van der Waals surface area (Å²) in [6.07, 6.45) is 11.7. The van der Waals surface area contributed by atoms with Crippen LogP contribution in [0.3, 0.4) is 0 Å². The zero-order valence-corrected chi connectivity index (χ0v) is 14.0. The molecule has 0 atom stereocenters. The molecule has 0 aromatic carbocycles. The van der Waals surface area contributed by atoms with Gasteiger partial charge in [0.15, 0.2) is 0 Å². The van der Waals surface area contributed by atoms with Gasteiger partial charge in [0.25, 0.3) is 0 Å². The Bertz CT molecular complexity index is 605. The minimum Gasteiger partial charge on any atom is -0.324 e. The number of nitrogens with one attached hydrogen (secondary N) is 1. The Labute approximate surface area is 138 Å². The van der Waals surface area contributed by atoms with Gasteiger partial charge >= 0.3 is 0 Å². The van der Waals surface area contributed by atoms with Crippen LogP contribution >= 0.6 is 0 Å². The Morgan fingerprint density at radius 3 is 2.30 bits per heavy atom. The van der Waals surface area contributed by atoms with Crippen LogP contribution in [-0.2, 0) is 30.5 Å². The summed E-state index contributed by atoms with van der Waals surface area (Å²) in [7, 11) is 0. The highest BCUT2D eigenvalue weighted by Crippen LogP contribution is 2.35. The Morgan fingerprint density at radius 2 is 1.52 bits per heavy atom. The molecule has 0 spiro atoms. The molecule has 2 aliphatic carbocycles. The number of piperidine rings is 1. The molecule has 1 saturated heterocycles. The lowest BCUT2D eigenvalue weighted by atomic mass is 9.92. The van der Waals surface area contributed by atoms with E-state index in [1.165, 1.54) is 61.0 Å². The van der Waals surface area contributed by atoms with Crippen molar-refractivity contribution in [2.24, 2.45) is 0 Å². The van der Waals surface area contributed by atoms with Crippen LogP contribution in [0.25, 0.3) is 0 Å². The van der Waals surface area contributed by atoms with E-state index in [1.807, 2.05) is 0 Å². The van der Waals surface area contributed by atoms with Crippen LogP contribution < -0.4 is 5.32 Å². The van der Waals surface area contributed by atoms with Crippen LogP contribution in [-0.4, -0.2) is 35.4 Å². The van der Waals surface area contributed by atoms with Gasteiger partial charge in [-0.05, 0) is 82.0 Å². The summed E-state index contributed by atoms with van der Waals surface area (Å²) in [4.78, 5) is 19.8. The number of carbonyl (C=O) groups excluding carboxylic acids is 1. The number of aromatic nitrogens is 1. The topological polar surface area (TPSA) is 45.2 Å². The van der Waals surface area contributed by atoms with Crippen molar-refractivity contribution in [1.82, 2.24) is 9.88 Å². The average molecular weight is 313 g/mol. The molecule has 23 heavy (non-hydrogen) atoms. The minimum atomic E-state index is 0.167. The van der Waals surface area contributed by atoms with Crippen molar-refractivity contribution in [2.45, 2.75) is 64.2 Å². The fourth-order valence-electron chi connectivity index (χ4n) is 4.40. The maximum atomic E-state index is 12.6. The van der Waals surface area contributed by atoms with Crippen molar-refractivity contribution in [1.29, 1.82) is 0 Å². The Hall–Kier alpha value is -1.42. The van der Waals surface area contributed by atoms with Gasteiger partial charge in [0.1, 0.15) is 0 Å². The lowest BCUT2D eigenvalue weighted by molar-refractivity contribution is -0.117. The maximum Gasteiger partial charge on any atom is 0.238 e. The number of likely N-dealkylation sites (tertiary alicyclic amines) is 1. The van der Waals surface area contributed by atoms with Crippen molar-refractivity contribution in [3.05, 3.63) is 22.5 Å². The lowest BCUT2D eigenvalue weighted by Gasteiger charge is -2.27. The molecule has 4 rings (SSSR count). The number of hydrogen-bond donors (Lipinski definition) is 1. The molecule has 0 radical (unpaired) electrons. The molecule has 4 heteroatoms. The Balaban J connectivity index is 1.55. The van der Waals surface area contributed by atoms with Crippen LogP contribution in [0.1, 0.15) is 61.0 Å². The largest absolute Gasteiger partial charge is 0.324 e. The van der Waals surface area contributed by atoms with Gasteiger partial charge in [0.2, 0.25) is 5.91 Å². The number of amides is 1. The predicted molar refractivity (Wildman–Crippen MR) is 91.8 cm³/mol. The number of pyridine rings is 1. The molecule has 1 aromatic heterocycles. The van der Waals surface area contributed by atoms with Crippen LogP contribution in [0.15, 0.2) is 0 Å². The number of rotatable bonds is 3. The summed E-state index contributed by atoms with van der Waals surface area (Å²) in [6, 6.07) is 0. The molecule has 1 aromatic rings. The van der Waals surface area contributed by atoms with E-state index in [4.69, 9.17) is 4.98 Å². The first kappa shape index (κ1) is 15.1. The smallest absolute Gasteiger partial charge is 0.238 e. The van der Waals surface area contributed by atoms with E-state index in [0.29, 0.717) is 6.54 Å². The van der Waals surface area contributed by atoms with Crippen LogP contribution in [0.2, 0.25) is 0 Å². The molecule has 2 heterocycles. The van der Waals surface area contributed by atoms with Gasteiger partial charge < -0.3 is 5.32 Å². The standard InChI is InChI=1S/C19H27N3O/c23-18(13-22-11-4-1-5-12-22)21-19-14-7-2-3-9-16(14)20-17-10-6-8-15(17)19/h1-13H2,(H,20,21,23). The Morgan fingerprint density at radius 1 is 0.870 bits per heavy atom. The van der Waals surface area contributed by atoms with Gasteiger partial charge in [-0.3, -0.25) is 14.7 Å². The third-order valence-corrected chi connectivity index (χ3v) is 5.58. The minimum absolute atomic E-state index is 0.167. The number of hydrogen-bond acceptors (Lipinski definition) is 3. The second-order valence-electron chi connectivity index (χ2n) is 7.28.